The normalized spacial score (nSPS) is 10.7. The molecule has 1 heterocycles. The molecule has 7 nitrogen and oxygen atoms in total. The molecule has 0 fully saturated rings. The second kappa shape index (κ2) is 9.73. The number of nitrogens with zero attached hydrogens (tertiary/aromatic N) is 4. The molecule has 0 atom stereocenters. The molecule has 3 rings (SSSR count). The van der Waals surface area contributed by atoms with E-state index in [-0.39, 0.29) is 6.10 Å². The smallest absolute Gasteiger partial charge is 0.249 e. The number of rotatable bonds is 9. The van der Waals surface area contributed by atoms with E-state index in [0.29, 0.717) is 11.8 Å². The third kappa shape index (κ3) is 5.57. The van der Waals surface area contributed by atoms with Crippen LogP contribution in [0.15, 0.2) is 54.7 Å². The van der Waals surface area contributed by atoms with Gasteiger partial charge in [0.25, 0.3) is 0 Å². The van der Waals surface area contributed by atoms with E-state index in [4.69, 9.17) is 4.74 Å². The van der Waals surface area contributed by atoms with Gasteiger partial charge in [0.2, 0.25) is 5.95 Å². The van der Waals surface area contributed by atoms with E-state index in [9.17, 15) is 0 Å². The van der Waals surface area contributed by atoms with Gasteiger partial charge in [-0.15, -0.1) is 5.10 Å². The van der Waals surface area contributed by atoms with Crippen molar-refractivity contribution in [3.63, 3.8) is 0 Å². The zero-order valence-electron chi connectivity index (χ0n) is 17.4. The molecule has 1 aromatic heterocycles. The molecule has 3 aromatic rings. The Morgan fingerprint density at radius 2 is 1.69 bits per heavy atom. The number of aromatic nitrogens is 3. The van der Waals surface area contributed by atoms with Gasteiger partial charge in [0, 0.05) is 24.5 Å². The van der Waals surface area contributed by atoms with E-state index >= 15 is 0 Å². The highest BCUT2D eigenvalue weighted by molar-refractivity contribution is 5.64. The first-order chi connectivity index (χ1) is 14.1. The number of hydrogen-bond donors (Lipinski definition) is 2. The Kier molecular flexibility index (Phi) is 6.84. The van der Waals surface area contributed by atoms with Crippen LogP contribution in [0.4, 0.5) is 28.8 Å². The molecule has 0 aliphatic rings. The Balaban J connectivity index is 1.72. The quantitative estimate of drug-likeness (QED) is 0.531. The molecule has 152 valence electrons. The van der Waals surface area contributed by atoms with Crippen molar-refractivity contribution in [2.24, 2.45) is 0 Å². The third-order valence-corrected chi connectivity index (χ3v) is 4.32. The number of ether oxygens (including phenoxy) is 1. The van der Waals surface area contributed by atoms with E-state index in [1.165, 1.54) is 5.69 Å². The first-order valence-electron chi connectivity index (χ1n) is 9.93. The number of benzene rings is 2. The second-order valence-electron chi connectivity index (χ2n) is 6.80. The highest BCUT2D eigenvalue weighted by Gasteiger charge is 2.08. The zero-order valence-corrected chi connectivity index (χ0v) is 17.4. The van der Waals surface area contributed by atoms with Crippen molar-refractivity contribution < 1.29 is 4.74 Å². The van der Waals surface area contributed by atoms with Gasteiger partial charge in [0.1, 0.15) is 5.75 Å². The standard InChI is InChI=1S/C22H28N6O/c1-5-28(6-2)18-13-11-17(12-14-18)24-21-15-23-27-22(26-21)25-19-9-7-8-10-20(19)29-16(3)4/h7-16H,5-6H2,1-4H3,(H2,24,25,26,27). The summed E-state index contributed by atoms with van der Waals surface area (Å²) >= 11 is 0. The van der Waals surface area contributed by atoms with Gasteiger partial charge in [-0.2, -0.15) is 10.1 Å². The maximum absolute atomic E-state index is 5.83. The Bertz CT molecular complexity index is 909. The average Bonchev–Trinajstić information content (AvgIpc) is 2.72. The van der Waals surface area contributed by atoms with Gasteiger partial charge in [-0.3, -0.25) is 0 Å². The Morgan fingerprint density at radius 3 is 2.38 bits per heavy atom. The molecule has 0 amide bonds. The van der Waals surface area contributed by atoms with Crippen molar-refractivity contribution in [2.45, 2.75) is 33.8 Å². The van der Waals surface area contributed by atoms with Crippen LogP contribution in [0, 0.1) is 0 Å². The molecule has 0 spiro atoms. The number of nitrogens with one attached hydrogen (secondary N) is 2. The van der Waals surface area contributed by atoms with E-state index < -0.39 is 0 Å². The fourth-order valence-corrected chi connectivity index (χ4v) is 2.96. The van der Waals surface area contributed by atoms with Crippen molar-refractivity contribution in [2.75, 3.05) is 28.6 Å². The zero-order chi connectivity index (χ0) is 20.6. The maximum Gasteiger partial charge on any atom is 0.249 e. The Hall–Kier alpha value is -3.35. The largest absolute Gasteiger partial charge is 0.489 e. The summed E-state index contributed by atoms with van der Waals surface area (Å²) in [6.07, 6.45) is 1.67. The van der Waals surface area contributed by atoms with Crippen molar-refractivity contribution in [1.82, 2.24) is 15.2 Å². The molecular formula is C22H28N6O. The number of para-hydroxylation sites is 2. The maximum atomic E-state index is 5.83. The lowest BCUT2D eigenvalue weighted by Gasteiger charge is -2.21. The third-order valence-electron chi connectivity index (χ3n) is 4.32. The summed E-state index contributed by atoms with van der Waals surface area (Å²) in [7, 11) is 0. The highest BCUT2D eigenvalue weighted by Crippen LogP contribution is 2.27. The SMILES string of the molecule is CCN(CC)c1ccc(Nc2cnnc(Nc3ccccc3OC(C)C)n2)cc1. The van der Waals surface area contributed by atoms with Crippen LogP contribution in [0.1, 0.15) is 27.7 Å². The van der Waals surface area contributed by atoms with Crippen LogP contribution in [-0.2, 0) is 0 Å². The van der Waals surface area contributed by atoms with Crippen LogP contribution in [-0.4, -0.2) is 34.4 Å². The Labute approximate surface area is 172 Å². The predicted octanol–water partition coefficient (Wildman–Crippen LogP) is 4.99. The van der Waals surface area contributed by atoms with Gasteiger partial charge in [0.05, 0.1) is 18.0 Å². The van der Waals surface area contributed by atoms with E-state index in [0.717, 1.165) is 30.2 Å². The lowest BCUT2D eigenvalue weighted by molar-refractivity contribution is 0.244. The van der Waals surface area contributed by atoms with Gasteiger partial charge in [-0.05, 0) is 64.1 Å². The minimum absolute atomic E-state index is 0.0734. The van der Waals surface area contributed by atoms with E-state index in [1.54, 1.807) is 6.20 Å². The van der Waals surface area contributed by atoms with Crippen LogP contribution in [0.25, 0.3) is 0 Å². The average molecular weight is 393 g/mol. The molecular weight excluding hydrogens is 364 g/mol. The van der Waals surface area contributed by atoms with E-state index in [2.05, 4.69) is 56.7 Å². The molecule has 0 radical (unpaired) electrons. The van der Waals surface area contributed by atoms with Gasteiger partial charge in [0.15, 0.2) is 5.82 Å². The lowest BCUT2D eigenvalue weighted by Crippen LogP contribution is -2.21. The molecule has 7 heteroatoms. The number of hydrogen-bond acceptors (Lipinski definition) is 7. The molecule has 0 aliphatic heterocycles. The minimum atomic E-state index is 0.0734. The van der Waals surface area contributed by atoms with Crippen LogP contribution >= 0.6 is 0 Å². The lowest BCUT2D eigenvalue weighted by atomic mass is 10.2. The highest BCUT2D eigenvalue weighted by atomic mass is 16.5. The molecule has 2 aromatic carbocycles. The predicted molar refractivity (Wildman–Crippen MR) is 119 cm³/mol. The number of anilines is 5. The van der Waals surface area contributed by atoms with Crippen molar-refractivity contribution in [3.8, 4) is 5.75 Å². The second-order valence-corrected chi connectivity index (χ2v) is 6.80. The summed E-state index contributed by atoms with van der Waals surface area (Å²) in [5, 5.41) is 14.6. The molecule has 0 saturated carbocycles. The Morgan fingerprint density at radius 1 is 0.966 bits per heavy atom. The molecule has 0 aliphatic carbocycles. The molecule has 0 unspecified atom stereocenters. The van der Waals surface area contributed by atoms with Crippen LogP contribution in [0.2, 0.25) is 0 Å². The summed E-state index contributed by atoms with van der Waals surface area (Å²) in [4.78, 5) is 6.81. The monoisotopic (exact) mass is 392 g/mol. The summed E-state index contributed by atoms with van der Waals surface area (Å²) in [6.45, 7) is 10.3. The van der Waals surface area contributed by atoms with Gasteiger partial charge >= 0.3 is 0 Å². The van der Waals surface area contributed by atoms with Crippen LogP contribution in [0.5, 0.6) is 5.75 Å². The fourth-order valence-electron chi connectivity index (χ4n) is 2.96. The summed E-state index contributed by atoms with van der Waals surface area (Å²) in [5.74, 6) is 1.76. The van der Waals surface area contributed by atoms with Crippen molar-refractivity contribution in [1.29, 1.82) is 0 Å². The van der Waals surface area contributed by atoms with Gasteiger partial charge in [-0.1, -0.05) is 12.1 Å². The summed E-state index contributed by atoms with van der Waals surface area (Å²) in [6, 6.07) is 16.0. The topological polar surface area (TPSA) is 75.2 Å². The first kappa shape index (κ1) is 20.4. The molecule has 2 N–H and O–H groups in total. The summed E-state index contributed by atoms with van der Waals surface area (Å²) in [5.41, 5.74) is 2.94. The van der Waals surface area contributed by atoms with Crippen LogP contribution in [0.3, 0.4) is 0 Å². The van der Waals surface area contributed by atoms with Gasteiger partial charge in [-0.25, -0.2) is 0 Å². The minimum Gasteiger partial charge on any atom is -0.489 e. The molecule has 0 bridgehead atoms. The molecule has 0 saturated heterocycles. The fraction of sp³-hybridized carbons (Fsp3) is 0.318. The van der Waals surface area contributed by atoms with Crippen molar-refractivity contribution >= 4 is 28.8 Å². The van der Waals surface area contributed by atoms with Crippen molar-refractivity contribution in [3.05, 3.63) is 54.7 Å². The van der Waals surface area contributed by atoms with E-state index in [1.807, 2.05) is 50.2 Å². The molecule has 29 heavy (non-hydrogen) atoms. The summed E-state index contributed by atoms with van der Waals surface area (Å²) < 4.78 is 5.83. The van der Waals surface area contributed by atoms with Crippen LogP contribution < -0.4 is 20.3 Å². The first-order valence-corrected chi connectivity index (χ1v) is 9.93. The van der Waals surface area contributed by atoms with Gasteiger partial charge < -0.3 is 20.3 Å².